The van der Waals surface area contributed by atoms with Gasteiger partial charge >= 0.3 is 0 Å². The lowest BCUT2D eigenvalue weighted by Crippen LogP contribution is -2.51. The third-order valence-electron chi connectivity index (χ3n) is 3.64. The molecule has 0 radical (unpaired) electrons. The van der Waals surface area contributed by atoms with E-state index < -0.39 is 0 Å². The lowest BCUT2D eigenvalue weighted by molar-refractivity contribution is -0.136. The minimum absolute atomic E-state index is 0. The molecule has 2 rings (SSSR count). The van der Waals surface area contributed by atoms with E-state index in [1.54, 1.807) is 0 Å². The minimum atomic E-state index is 0. The van der Waals surface area contributed by atoms with E-state index in [0.29, 0.717) is 11.8 Å². The summed E-state index contributed by atoms with van der Waals surface area (Å²) in [5, 5.41) is 3.14. The number of rotatable bonds is 5. The molecule has 0 aromatic heterocycles. The first-order valence-corrected chi connectivity index (χ1v) is 6.78. The van der Waals surface area contributed by atoms with Crippen molar-refractivity contribution in [1.82, 2.24) is 10.2 Å². The number of ether oxygens (including phenoxy) is 1. The monoisotopic (exact) mass is 276 g/mol. The zero-order valence-electron chi connectivity index (χ0n) is 11.4. The molecule has 1 N–H and O–H groups in total. The molecule has 0 saturated carbocycles. The topological polar surface area (TPSA) is 41.6 Å². The number of likely N-dealkylation sites (tertiary alicyclic amines) is 1. The van der Waals surface area contributed by atoms with E-state index in [-0.39, 0.29) is 24.4 Å². The van der Waals surface area contributed by atoms with E-state index in [4.69, 9.17) is 4.74 Å². The SMILES string of the molecule is CC(C)CCOC1CCN(C(=O)C2CNC2)C1.Cl. The smallest absolute Gasteiger partial charge is 0.228 e. The molecule has 0 aromatic carbocycles. The molecule has 2 saturated heterocycles. The van der Waals surface area contributed by atoms with Crippen LogP contribution in [0.15, 0.2) is 0 Å². The number of carbonyl (C=O) groups is 1. The fourth-order valence-electron chi connectivity index (χ4n) is 2.26. The van der Waals surface area contributed by atoms with Gasteiger partial charge in [-0.2, -0.15) is 0 Å². The first kappa shape index (κ1) is 15.7. The molecule has 0 bridgehead atoms. The highest BCUT2D eigenvalue weighted by molar-refractivity contribution is 5.85. The maximum Gasteiger partial charge on any atom is 0.228 e. The van der Waals surface area contributed by atoms with Gasteiger partial charge < -0.3 is 15.0 Å². The van der Waals surface area contributed by atoms with Crippen LogP contribution in [0.5, 0.6) is 0 Å². The van der Waals surface area contributed by atoms with Crippen LogP contribution in [0.25, 0.3) is 0 Å². The molecule has 2 heterocycles. The predicted molar refractivity (Wildman–Crippen MR) is 74.0 cm³/mol. The molecule has 1 atom stereocenters. The second kappa shape index (κ2) is 7.31. The van der Waals surface area contributed by atoms with Gasteiger partial charge in [-0.05, 0) is 18.8 Å². The Morgan fingerprint density at radius 3 is 2.72 bits per heavy atom. The van der Waals surface area contributed by atoms with Crippen molar-refractivity contribution < 1.29 is 9.53 Å². The van der Waals surface area contributed by atoms with E-state index in [2.05, 4.69) is 19.2 Å². The average Bonchev–Trinajstić information content (AvgIpc) is 2.63. The Bertz CT molecular complexity index is 270. The molecule has 2 fully saturated rings. The molecule has 0 aromatic rings. The largest absolute Gasteiger partial charge is 0.376 e. The number of hydrogen-bond acceptors (Lipinski definition) is 3. The highest BCUT2D eigenvalue weighted by atomic mass is 35.5. The lowest BCUT2D eigenvalue weighted by atomic mass is 10.0. The zero-order valence-corrected chi connectivity index (χ0v) is 12.2. The Balaban J connectivity index is 0.00000162. The molecule has 1 amide bonds. The number of carbonyl (C=O) groups excluding carboxylic acids is 1. The van der Waals surface area contributed by atoms with Crippen molar-refractivity contribution in [2.75, 3.05) is 32.8 Å². The van der Waals surface area contributed by atoms with Crippen LogP contribution in [-0.4, -0.2) is 49.7 Å². The molecule has 0 aliphatic carbocycles. The molecule has 2 aliphatic heterocycles. The van der Waals surface area contributed by atoms with Gasteiger partial charge in [-0.15, -0.1) is 12.4 Å². The summed E-state index contributed by atoms with van der Waals surface area (Å²) in [5.74, 6) is 1.23. The number of hydrogen-bond donors (Lipinski definition) is 1. The maximum atomic E-state index is 12.0. The highest BCUT2D eigenvalue weighted by Gasteiger charge is 2.33. The molecule has 1 unspecified atom stereocenters. The van der Waals surface area contributed by atoms with Crippen LogP contribution >= 0.6 is 12.4 Å². The van der Waals surface area contributed by atoms with Gasteiger partial charge in [0.1, 0.15) is 0 Å². The summed E-state index contributed by atoms with van der Waals surface area (Å²) in [6, 6.07) is 0. The van der Waals surface area contributed by atoms with Gasteiger partial charge in [0.2, 0.25) is 5.91 Å². The number of nitrogens with one attached hydrogen (secondary N) is 1. The Morgan fingerprint density at radius 1 is 1.44 bits per heavy atom. The average molecular weight is 277 g/mol. The van der Waals surface area contributed by atoms with Crippen LogP contribution in [0.1, 0.15) is 26.7 Å². The van der Waals surface area contributed by atoms with Crippen molar-refractivity contribution in [1.29, 1.82) is 0 Å². The predicted octanol–water partition coefficient (Wildman–Crippen LogP) is 1.29. The fourth-order valence-corrected chi connectivity index (χ4v) is 2.26. The summed E-state index contributed by atoms with van der Waals surface area (Å²) in [5.41, 5.74) is 0. The molecule has 2 aliphatic rings. The van der Waals surface area contributed by atoms with Gasteiger partial charge in [-0.1, -0.05) is 13.8 Å². The van der Waals surface area contributed by atoms with Crippen molar-refractivity contribution in [3.8, 4) is 0 Å². The van der Waals surface area contributed by atoms with E-state index >= 15 is 0 Å². The van der Waals surface area contributed by atoms with Gasteiger partial charge in [0.15, 0.2) is 0 Å². The zero-order chi connectivity index (χ0) is 12.3. The van der Waals surface area contributed by atoms with Crippen LogP contribution in [-0.2, 0) is 9.53 Å². The Hall–Kier alpha value is -0.320. The van der Waals surface area contributed by atoms with Gasteiger partial charge in [0.25, 0.3) is 0 Å². The van der Waals surface area contributed by atoms with Crippen molar-refractivity contribution >= 4 is 18.3 Å². The first-order chi connectivity index (χ1) is 8.16. The molecule has 106 valence electrons. The van der Waals surface area contributed by atoms with E-state index in [1.807, 2.05) is 4.90 Å². The van der Waals surface area contributed by atoms with Gasteiger partial charge in [-0.3, -0.25) is 4.79 Å². The first-order valence-electron chi connectivity index (χ1n) is 6.78. The van der Waals surface area contributed by atoms with Crippen LogP contribution in [0.3, 0.4) is 0 Å². The second-order valence-corrected chi connectivity index (χ2v) is 5.60. The molecule has 4 nitrogen and oxygen atoms in total. The van der Waals surface area contributed by atoms with E-state index in [0.717, 1.165) is 45.6 Å². The summed E-state index contributed by atoms with van der Waals surface area (Å²) in [6.07, 6.45) is 2.38. The van der Waals surface area contributed by atoms with Crippen molar-refractivity contribution in [2.24, 2.45) is 11.8 Å². The molecule has 18 heavy (non-hydrogen) atoms. The fraction of sp³-hybridized carbons (Fsp3) is 0.923. The van der Waals surface area contributed by atoms with Crippen LogP contribution in [0.4, 0.5) is 0 Å². The summed E-state index contributed by atoms with van der Waals surface area (Å²) < 4.78 is 5.82. The van der Waals surface area contributed by atoms with Crippen LogP contribution < -0.4 is 5.32 Å². The molecular formula is C13H25ClN2O2. The van der Waals surface area contributed by atoms with Crippen molar-refractivity contribution in [2.45, 2.75) is 32.8 Å². The number of nitrogens with zero attached hydrogens (tertiary/aromatic N) is 1. The van der Waals surface area contributed by atoms with Crippen LogP contribution in [0, 0.1) is 11.8 Å². The quantitative estimate of drug-likeness (QED) is 0.823. The summed E-state index contributed by atoms with van der Waals surface area (Å²) >= 11 is 0. The van der Waals surface area contributed by atoms with Gasteiger partial charge in [0.05, 0.1) is 12.0 Å². The number of halogens is 1. The van der Waals surface area contributed by atoms with E-state index in [9.17, 15) is 4.79 Å². The second-order valence-electron chi connectivity index (χ2n) is 5.60. The summed E-state index contributed by atoms with van der Waals surface area (Å²) in [6.45, 7) is 8.63. The Kier molecular flexibility index (Phi) is 6.39. The summed E-state index contributed by atoms with van der Waals surface area (Å²) in [4.78, 5) is 14.0. The van der Waals surface area contributed by atoms with Crippen LogP contribution in [0.2, 0.25) is 0 Å². The van der Waals surface area contributed by atoms with Crippen molar-refractivity contribution in [3.63, 3.8) is 0 Å². The molecular weight excluding hydrogens is 252 g/mol. The summed E-state index contributed by atoms with van der Waals surface area (Å²) in [7, 11) is 0. The minimum Gasteiger partial charge on any atom is -0.376 e. The Labute approximate surface area is 116 Å². The molecule has 0 spiro atoms. The van der Waals surface area contributed by atoms with Gasteiger partial charge in [-0.25, -0.2) is 0 Å². The van der Waals surface area contributed by atoms with E-state index in [1.165, 1.54) is 0 Å². The molecule has 5 heteroatoms. The lowest BCUT2D eigenvalue weighted by Gasteiger charge is -2.30. The van der Waals surface area contributed by atoms with Crippen molar-refractivity contribution in [3.05, 3.63) is 0 Å². The third-order valence-corrected chi connectivity index (χ3v) is 3.64. The maximum absolute atomic E-state index is 12.0. The van der Waals surface area contributed by atoms with Gasteiger partial charge in [0, 0.05) is 32.8 Å². The highest BCUT2D eigenvalue weighted by Crippen LogP contribution is 2.17. The third kappa shape index (κ3) is 4.11. The Morgan fingerprint density at radius 2 is 2.17 bits per heavy atom. The normalized spacial score (nSPS) is 23.9. The standard InChI is InChI=1S/C13H24N2O2.ClH/c1-10(2)4-6-17-12-3-5-15(9-12)13(16)11-7-14-8-11;/h10-12,14H,3-9H2,1-2H3;1H. The number of amides is 1.